The number of rotatable bonds is 7. The first-order valence-corrected chi connectivity index (χ1v) is 6.72. The predicted octanol–water partition coefficient (Wildman–Crippen LogP) is 1.45. The lowest BCUT2D eigenvalue weighted by Gasteiger charge is -2.25. The number of carbonyl (C=O) groups is 1. The first-order chi connectivity index (χ1) is 8.07. The van der Waals surface area contributed by atoms with Crippen molar-refractivity contribution in [3.63, 3.8) is 0 Å². The van der Waals surface area contributed by atoms with Crippen LogP contribution in [0.25, 0.3) is 0 Å². The van der Waals surface area contributed by atoms with Crippen LogP contribution in [-0.2, 0) is 9.53 Å². The smallest absolute Gasteiger partial charge is 0.236 e. The van der Waals surface area contributed by atoms with Crippen LogP contribution in [0.2, 0.25) is 0 Å². The molecule has 0 aliphatic carbocycles. The van der Waals surface area contributed by atoms with Crippen molar-refractivity contribution < 1.29 is 9.53 Å². The molecule has 1 rings (SSSR count). The highest BCUT2D eigenvalue weighted by atomic mass is 16.5. The van der Waals surface area contributed by atoms with Crippen molar-refractivity contribution in [2.24, 2.45) is 0 Å². The van der Waals surface area contributed by atoms with Crippen molar-refractivity contribution in [1.29, 1.82) is 0 Å². The predicted molar refractivity (Wildman–Crippen MR) is 69.0 cm³/mol. The maximum absolute atomic E-state index is 11.7. The van der Waals surface area contributed by atoms with Gasteiger partial charge in [0, 0.05) is 19.7 Å². The van der Waals surface area contributed by atoms with E-state index >= 15 is 0 Å². The first kappa shape index (κ1) is 14.5. The van der Waals surface area contributed by atoms with Crippen LogP contribution in [0.1, 0.15) is 46.5 Å². The quantitative estimate of drug-likeness (QED) is 0.664. The van der Waals surface area contributed by atoms with Gasteiger partial charge < -0.3 is 15.4 Å². The summed E-state index contributed by atoms with van der Waals surface area (Å²) in [7, 11) is 0. The number of carbonyl (C=O) groups excluding carboxylic acids is 1. The van der Waals surface area contributed by atoms with E-state index in [0.29, 0.717) is 0 Å². The van der Waals surface area contributed by atoms with E-state index in [4.69, 9.17) is 4.74 Å². The molecule has 1 fully saturated rings. The highest BCUT2D eigenvalue weighted by Gasteiger charge is 2.30. The molecule has 2 N–H and O–H groups in total. The molecule has 100 valence electrons. The van der Waals surface area contributed by atoms with E-state index in [1.807, 2.05) is 6.92 Å². The molecule has 0 aromatic heterocycles. The Labute approximate surface area is 104 Å². The summed E-state index contributed by atoms with van der Waals surface area (Å²) in [5, 5.41) is 6.18. The van der Waals surface area contributed by atoms with Crippen LogP contribution >= 0.6 is 0 Å². The van der Waals surface area contributed by atoms with Crippen LogP contribution in [0.15, 0.2) is 0 Å². The lowest BCUT2D eigenvalue weighted by atomic mass is 10.0. The van der Waals surface area contributed by atoms with Gasteiger partial charge in [0.1, 0.15) is 0 Å². The molecule has 0 spiro atoms. The third kappa shape index (κ3) is 5.04. The van der Waals surface area contributed by atoms with Crippen molar-refractivity contribution >= 4 is 5.91 Å². The maximum Gasteiger partial charge on any atom is 0.236 e. The molecule has 1 saturated heterocycles. The van der Waals surface area contributed by atoms with Crippen LogP contribution < -0.4 is 10.6 Å². The van der Waals surface area contributed by atoms with Gasteiger partial charge in [0.15, 0.2) is 0 Å². The van der Waals surface area contributed by atoms with E-state index in [0.717, 1.165) is 45.4 Å². The third-order valence-electron chi connectivity index (χ3n) is 3.31. The minimum atomic E-state index is -0.145. The average molecular weight is 242 g/mol. The summed E-state index contributed by atoms with van der Waals surface area (Å²) < 4.78 is 5.67. The second-order valence-corrected chi connectivity index (χ2v) is 5.15. The molecule has 2 unspecified atom stereocenters. The summed E-state index contributed by atoms with van der Waals surface area (Å²) in [5.41, 5.74) is -0.0854. The zero-order valence-corrected chi connectivity index (χ0v) is 11.3. The van der Waals surface area contributed by atoms with Crippen LogP contribution in [0.3, 0.4) is 0 Å². The van der Waals surface area contributed by atoms with Gasteiger partial charge in [0.05, 0.1) is 11.6 Å². The molecule has 0 bridgehead atoms. The summed E-state index contributed by atoms with van der Waals surface area (Å²) in [6.07, 6.45) is 4.34. The Morgan fingerprint density at radius 1 is 1.53 bits per heavy atom. The summed E-state index contributed by atoms with van der Waals surface area (Å²) in [6.45, 7) is 8.49. The maximum atomic E-state index is 11.7. The molecule has 0 aromatic rings. The van der Waals surface area contributed by atoms with Gasteiger partial charge in [-0.15, -0.1) is 0 Å². The van der Waals surface area contributed by atoms with Gasteiger partial charge >= 0.3 is 0 Å². The molecular formula is C13H26N2O2. The van der Waals surface area contributed by atoms with E-state index in [1.54, 1.807) is 0 Å². The van der Waals surface area contributed by atoms with Crippen molar-refractivity contribution in [2.45, 2.75) is 58.1 Å². The second kappa shape index (κ2) is 6.97. The molecule has 1 heterocycles. The van der Waals surface area contributed by atoms with Gasteiger partial charge in [0.2, 0.25) is 5.91 Å². The summed E-state index contributed by atoms with van der Waals surface area (Å²) in [4.78, 5) is 11.7. The number of hydrogen-bond acceptors (Lipinski definition) is 3. The molecule has 1 aliphatic heterocycles. The fourth-order valence-corrected chi connectivity index (χ4v) is 1.98. The Morgan fingerprint density at radius 3 is 2.88 bits per heavy atom. The Kier molecular flexibility index (Phi) is 5.92. The molecule has 1 aliphatic rings. The van der Waals surface area contributed by atoms with Gasteiger partial charge in [-0.2, -0.15) is 0 Å². The van der Waals surface area contributed by atoms with E-state index < -0.39 is 0 Å². The number of unbranched alkanes of at least 4 members (excludes halogenated alkanes) is 1. The van der Waals surface area contributed by atoms with Crippen molar-refractivity contribution in [2.75, 3.05) is 19.7 Å². The van der Waals surface area contributed by atoms with E-state index in [9.17, 15) is 4.79 Å². The zero-order valence-electron chi connectivity index (χ0n) is 11.3. The number of hydrogen-bond donors (Lipinski definition) is 2. The summed E-state index contributed by atoms with van der Waals surface area (Å²) in [5.74, 6) is 0.0834. The summed E-state index contributed by atoms with van der Waals surface area (Å²) >= 11 is 0. The van der Waals surface area contributed by atoms with Crippen LogP contribution in [0, 0.1) is 0 Å². The van der Waals surface area contributed by atoms with Crippen LogP contribution in [0.5, 0.6) is 0 Å². The Morgan fingerprint density at radius 2 is 2.29 bits per heavy atom. The van der Waals surface area contributed by atoms with Crippen molar-refractivity contribution in [1.82, 2.24) is 10.6 Å². The lowest BCUT2D eigenvalue weighted by Crippen LogP contribution is -2.48. The van der Waals surface area contributed by atoms with E-state index in [1.165, 1.54) is 0 Å². The molecule has 2 atom stereocenters. The highest BCUT2D eigenvalue weighted by Crippen LogP contribution is 2.23. The molecule has 0 aromatic carbocycles. The Balaban J connectivity index is 2.19. The molecular weight excluding hydrogens is 216 g/mol. The minimum Gasteiger partial charge on any atom is -0.374 e. The summed E-state index contributed by atoms with van der Waals surface area (Å²) in [6, 6.07) is -0.145. The van der Waals surface area contributed by atoms with Gasteiger partial charge in [-0.3, -0.25) is 4.79 Å². The number of nitrogens with one attached hydrogen (secondary N) is 2. The first-order valence-electron chi connectivity index (χ1n) is 6.72. The molecule has 0 saturated carbocycles. The largest absolute Gasteiger partial charge is 0.374 e. The normalized spacial score (nSPS) is 25.8. The molecule has 17 heavy (non-hydrogen) atoms. The molecule has 4 heteroatoms. The van der Waals surface area contributed by atoms with Gasteiger partial charge in [-0.1, -0.05) is 13.3 Å². The number of amides is 1. The van der Waals surface area contributed by atoms with Gasteiger partial charge in [0.25, 0.3) is 0 Å². The zero-order chi connectivity index (χ0) is 12.7. The third-order valence-corrected chi connectivity index (χ3v) is 3.31. The van der Waals surface area contributed by atoms with E-state index in [-0.39, 0.29) is 17.6 Å². The molecule has 4 nitrogen and oxygen atoms in total. The fourth-order valence-electron chi connectivity index (χ4n) is 1.98. The van der Waals surface area contributed by atoms with Crippen LogP contribution in [-0.4, -0.2) is 37.2 Å². The lowest BCUT2D eigenvalue weighted by molar-refractivity contribution is -0.123. The van der Waals surface area contributed by atoms with Crippen molar-refractivity contribution in [3.05, 3.63) is 0 Å². The molecule has 0 radical (unpaired) electrons. The topological polar surface area (TPSA) is 50.4 Å². The molecule has 1 amide bonds. The minimum absolute atomic E-state index is 0.0834. The van der Waals surface area contributed by atoms with Crippen molar-refractivity contribution in [3.8, 4) is 0 Å². The number of ether oxygens (including phenoxy) is 1. The van der Waals surface area contributed by atoms with Gasteiger partial charge in [-0.05, 0) is 33.1 Å². The monoisotopic (exact) mass is 242 g/mol. The van der Waals surface area contributed by atoms with E-state index in [2.05, 4.69) is 24.5 Å². The highest BCUT2D eigenvalue weighted by molar-refractivity contribution is 5.81. The second-order valence-electron chi connectivity index (χ2n) is 5.15. The SMILES string of the molecule is CCCCNC(=O)C(C)NCC1(C)CCCO1. The fraction of sp³-hybridized carbons (Fsp3) is 0.923. The Bertz CT molecular complexity index is 238. The van der Waals surface area contributed by atoms with Crippen LogP contribution in [0.4, 0.5) is 0 Å². The average Bonchev–Trinajstić information content (AvgIpc) is 2.74. The van der Waals surface area contributed by atoms with Gasteiger partial charge in [-0.25, -0.2) is 0 Å². The standard InChI is InChI=1S/C13H26N2O2/c1-4-5-8-14-12(16)11(2)15-10-13(3)7-6-9-17-13/h11,15H,4-10H2,1-3H3,(H,14,16). The Hall–Kier alpha value is -0.610.